The molecule has 2 fully saturated rings. The van der Waals surface area contributed by atoms with Gasteiger partial charge in [-0.1, -0.05) is 13.8 Å². The van der Waals surface area contributed by atoms with E-state index in [1.165, 1.54) is 19.3 Å². The van der Waals surface area contributed by atoms with Gasteiger partial charge in [0.1, 0.15) is 0 Å². The lowest BCUT2D eigenvalue weighted by molar-refractivity contribution is 0.0217. The molecule has 2 heterocycles. The van der Waals surface area contributed by atoms with Crippen molar-refractivity contribution in [2.24, 2.45) is 18.9 Å². The summed E-state index contributed by atoms with van der Waals surface area (Å²) in [6.45, 7) is 9.98. The molecule has 1 aromatic rings. The van der Waals surface area contributed by atoms with Gasteiger partial charge in [0, 0.05) is 24.7 Å². The van der Waals surface area contributed by atoms with Gasteiger partial charge >= 0.3 is 0 Å². The Kier molecular flexibility index (Phi) is 4.01. The molecule has 1 saturated heterocycles. The topological polar surface area (TPSA) is 58.9 Å². The zero-order chi connectivity index (χ0) is 15.0. The van der Waals surface area contributed by atoms with Crippen LogP contribution in [-0.4, -0.2) is 49.8 Å². The minimum absolute atomic E-state index is 0.243. The average Bonchev–Trinajstić information content (AvgIpc) is 3.18. The summed E-state index contributed by atoms with van der Waals surface area (Å²) in [6.07, 6.45) is 3.94. The van der Waals surface area contributed by atoms with Crippen molar-refractivity contribution in [3.05, 3.63) is 5.82 Å². The zero-order valence-corrected chi connectivity index (χ0v) is 13.7. The normalized spacial score (nSPS) is 31.0. The molecule has 21 heavy (non-hydrogen) atoms. The Bertz CT molecular complexity index is 480. The second-order valence-corrected chi connectivity index (χ2v) is 7.41. The van der Waals surface area contributed by atoms with Gasteiger partial charge in [-0.2, -0.15) is 4.80 Å². The smallest absolute Gasteiger partial charge is 0.188 e. The first kappa shape index (κ1) is 14.9. The standard InChI is InChI=1S/C15H28N6/c1-11(2)7-13-8-21(9-14-17-19-20(4)18-14)15(3,10-16-13)12-5-6-12/h11-13,16H,5-10H2,1-4H3. The van der Waals surface area contributed by atoms with Crippen LogP contribution in [-0.2, 0) is 13.6 Å². The molecule has 1 N–H and O–H groups in total. The number of aryl methyl sites for hydroxylation is 1. The van der Waals surface area contributed by atoms with Gasteiger partial charge in [-0.25, -0.2) is 0 Å². The van der Waals surface area contributed by atoms with Gasteiger partial charge in [0.2, 0.25) is 0 Å². The van der Waals surface area contributed by atoms with E-state index >= 15 is 0 Å². The Morgan fingerprint density at radius 2 is 2.14 bits per heavy atom. The molecule has 2 aliphatic rings. The minimum atomic E-state index is 0.243. The highest BCUT2D eigenvalue weighted by Crippen LogP contribution is 2.44. The van der Waals surface area contributed by atoms with Crippen LogP contribution in [0.1, 0.15) is 45.9 Å². The van der Waals surface area contributed by atoms with Crippen LogP contribution >= 0.6 is 0 Å². The molecule has 3 rings (SSSR count). The van der Waals surface area contributed by atoms with E-state index in [4.69, 9.17) is 0 Å². The molecule has 0 bridgehead atoms. The molecule has 118 valence electrons. The number of rotatable bonds is 5. The monoisotopic (exact) mass is 292 g/mol. The highest BCUT2D eigenvalue weighted by Gasteiger charge is 2.48. The molecule has 2 atom stereocenters. The van der Waals surface area contributed by atoms with Crippen molar-refractivity contribution < 1.29 is 0 Å². The Balaban J connectivity index is 1.73. The molecule has 0 amide bonds. The maximum atomic E-state index is 4.37. The molecule has 0 aromatic carbocycles. The summed E-state index contributed by atoms with van der Waals surface area (Å²) in [4.78, 5) is 4.16. The van der Waals surface area contributed by atoms with Crippen LogP contribution in [0.15, 0.2) is 0 Å². The van der Waals surface area contributed by atoms with Crippen molar-refractivity contribution in [1.29, 1.82) is 0 Å². The lowest BCUT2D eigenvalue weighted by atomic mass is 9.88. The summed E-state index contributed by atoms with van der Waals surface area (Å²) in [6, 6.07) is 0.577. The summed E-state index contributed by atoms with van der Waals surface area (Å²) in [7, 11) is 1.83. The minimum Gasteiger partial charge on any atom is -0.311 e. The lowest BCUT2D eigenvalue weighted by Gasteiger charge is -2.48. The second kappa shape index (κ2) is 5.65. The molecule has 0 spiro atoms. The number of tetrazole rings is 1. The fraction of sp³-hybridized carbons (Fsp3) is 0.933. The first-order chi connectivity index (χ1) is 9.97. The molecular weight excluding hydrogens is 264 g/mol. The molecule has 1 aliphatic heterocycles. The van der Waals surface area contributed by atoms with Gasteiger partial charge in [-0.05, 0) is 43.2 Å². The predicted molar refractivity (Wildman–Crippen MR) is 81.6 cm³/mol. The summed E-state index contributed by atoms with van der Waals surface area (Å²) in [5, 5.41) is 16.3. The van der Waals surface area contributed by atoms with Gasteiger partial charge in [0.15, 0.2) is 5.82 Å². The van der Waals surface area contributed by atoms with Gasteiger partial charge in [-0.15, -0.1) is 10.2 Å². The third-order valence-corrected chi connectivity index (χ3v) is 5.01. The summed E-state index contributed by atoms with van der Waals surface area (Å²) >= 11 is 0. The number of piperazine rings is 1. The third-order valence-electron chi connectivity index (χ3n) is 5.01. The fourth-order valence-corrected chi connectivity index (χ4v) is 3.64. The van der Waals surface area contributed by atoms with Crippen molar-refractivity contribution in [3.63, 3.8) is 0 Å². The van der Waals surface area contributed by atoms with Crippen LogP contribution in [0.2, 0.25) is 0 Å². The van der Waals surface area contributed by atoms with Crippen molar-refractivity contribution >= 4 is 0 Å². The van der Waals surface area contributed by atoms with E-state index in [0.717, 1.165) is 37.3 Å². The Morgan fingerprint density at radius 1 is 1.38 bits per heavy atom. The number of nitrogens with zero attached hydrogens (tertiary/aromatic N) is 5. The zero-order valence-electron chi connectivity index (χ0n) is 13.7. The van der Waals surface area contributed by atoms with Crippen LogP contribution in [0.4, 0.5) is 0 Å². The van der Waals surface area contributed by atoms with E-state index < -0.39 is 0 Å². The lowest BCUT2D eigenvalue weighted by Crippen LogP contribution is -2.64. The SMILES string of the molecule is CC(C)CC1CN(Cc2nnn(C)n2)C(C)(C2CC2)CN1. The summed E-state index contributed by atoms with van der Waals surface area (Å²) in [5.74, 6) is 2.39. The quantitative estimate of drug-likeness (QED) is 0.883. The van der Waals surface area contributed by atoms with E-state index in [1.54, 1.807) is 4.80 Å². The average molecular weight is 292 g/mol. The number of aromatic nitrogens is 4. The fourth-order valence-electron chi connectivity index (χ4n) is 3.64. The largest absolute Gasteiger partial charge is 0.311 e. The first-order valence-corrected chi connectivity index (χ1v) is 8.18. The van der Waals surface area contributed by atoms with E-state index in [9.17, 15) is 0 Å². The maximum Gasteiger partial charge on any atom is 0.188 e. The van der Waals surface area contributed by atoms with Crippen LogP contribution in [0.25, 0.3) is 0 Å². The number of hydrogen-bond acceptors (Lipinski definition) is 5. The van der Waals surface area contributed by atoms with Crippen LogP contribution in [0, 0.1) is 11.8 Å². The molecule has 6 heteroatoms. The highest BCUT2D eigenvalue weighted by molar-refractivity contribution is 5.05. The van der Waals surface area contributed by atoms with Crippen LogP contribution < -0.4 is 5.32 Å². The van der Waals surface area contributed by atoms with E-state index in [2.05, 4.69) is 46.4 Å². The first-order valence-electron chi connectivity index (χ1n) is 8.18. The number of hydrogen-bond donors (Lipinski definition) is 1. The van der Waals surface area contributed by atoms with E-state index in [0.29, 0.717) is 6.04 Å². The highest BCUT2D eigenvalue weighted by atomic mass is 15.6. The van der Waals surface area contributed by atoms with Crippen molar-refractivity contribution in [2.45, 2.75) is 58.2 Å². The van der Waals surface area contributed by atoms with Gasteiger partial charge in [-0.3, -0.25) is 4.90 Å². The molecule has 2 unspecified atom stereocenters. The second-order valence-electron chi connectivity index (χ2n) is 7.41. The Labute approximate surface area is 127 Å². The summed E-state index contributed by atoms with van der Waals surface area (Å²) in [5.41, 5.74) is 0.243. The number of nitrogens with one attached hydrogen (secondary N) is 1. The van der Waals surface area contributed by atoms with Gasteiger partial charge in [0.25, 0.3) is 0 Å². The van der Waals surface area contributed by atoms with Crippen molar-refractivity contribution in [2.75, 3.05) is 13.1 Å². The summed E-state index contributed by atoms with van der Waals surface area (Å²) < 4.78 is 0. The molecule has 1 aliphatic carbocycles. The molecule has 6 nitrogen and oxygen atoms in total. The third kappa shape index (κ3) is 3.26. The molecule has 0 radical (unpaired) electrons. The Hall–Kier alpha value is -1.01. The Morgan fingerprint density at radius 3 is 2.71 bits per heavy atom. The van der Waals surface area contributed by atoms with Crippen LogP contribution in [0.5, 0.6) is 0 Å². The van der Waals surface area contributed by atoms with E-state index in [-0.39, 0.29) is 5.54 Å². The van der Waals surface area contributed by atoms with Crippen molar-refractivity contribution in [1.82, 2.24) is 30.4 Å². The molecule has 1 saturated carbocycles. The molecular formula is C15H28N6. The van der Waals surface area contributed by atoms with Gasteiger partial charge < -0.3 is 5.32 Å². The van der Waals surface area contributed by atoms with E-state index in [1.807, 2.05) is 7.05 Å². The van der Waals surface area contributed by atoms with Crippen molar-refractivity contribution in [3.8, 4) is 0 Å². The predicted octanol–water partition coefficient (Wildman–Crippen LogP) is 1.20. The van der Waals surface area contributed by atoms with Crippen LogP contribution in [0.3, 0.4) is 0 Å². The van der Waals surface area contributed by atoms with Gasteiger partial charge in [0.05, 0.1) is 13.6 Å². The maximum absolute atomic E-state index is 4.37. The molecule has 1 aromatic heterocycles.